The van der Waals surface area contributed by atoms with Gasteiger partial charge in [-0.25, -0.2) is 9.59 Å². The third-order valence-corrected chi connectivity index (χ3v) is 4.27. The monoisotopic (exact) mass is 403 g/mol. The van der Waals surface area contributed by atoms with Crippen molar-refractivity contribution in [2.24, 2.45) is 0 Å². The van der Waals surface area contributed by atoms with Crippen molar-refractivity contribution in [3.05, 3.63) is 35.2 Å². The predicted octanol–water partition coefficient (Wildman–Crippen LogP) is 4.62. The number of aromatic nitrogens is 1. The third-order valence-electron chi connectivity index (χ3n) is 3.36. The molecule has 0 unspecified atom stereocenters. The molecule has 1 N–H and O–H groups in total. The number of benzene rings is 1. The van der Waals surface area contributed by atoms with Crippen LogP contribution in [0.3, 0.4) is 0 Å². The van der Waals surface area contributed by atoms with Gasteiger partial charge in [-0.15, -0.1) is 16.3 Å². The zero-order valence-corrected chi connectivity index (χ0v) is 17.8. The number of thiazole rings is 1. The van der Waals surface area contributed by atoms with E-state index in [2.05, 4.69) is 15.1 Å². The minimum atomic E-state index is -0.903. The summed E-state index contributed by atoms with van der Waals surface area (Å²) in [6.07, 6.45) is -0.451. The van der Waals surface area contributed by atoms with Crippen molar-refractivity contribution in [2.45, 2.75) is 65.2 Å². The molecule has 1 heterocycles. The highest BCUT2D eigenvalue weighted by atomic mass is 32.1. The van der Waals surface area contributed by atoms with Gasteiger partial charge < -0.3 is 19.6 Å². The highest BCUT2D eigenvalue weighted by Crippen LogP contribution is 2.29. The van der Waals surface area contributed by atoms with Crippen molar-refractivity contribution < 1.29 is 19.1 Å². The van der Waals surface area contributed by atoms with E-state index in [0.717, 1.165) is 15.8 Å². The Morgan fingerprint density at radius 3 is 2.39 bits per heavy atom. The maximum Gasteiger partial charge on any atom is 0.408 e. The first-order valence-corrected chi connectivity index (χ1v) is 9.67. The third kappa shape index (κ3) is 6.50. The minimum absolute atomic E-state index is 0.231. The van der Waals surface area contributed by atoms with Crippen LogP contribution >= 0.6 is 11.3 Å². The van der Waals surface area contributed by atoms with Crippen LogP contribution in [0.5, 0.6) is 0 Å². The first-order valence-electron chi connectivity index (χ1n) is 8.85. The molecule has 1 aromatic carbocycles. The molecule has 1 amide bonds. The molecule has 0 spiro atoms. The molecule has 150 valence electrons. The van der Waals surface area contributed by atoms with Gasteiger partial charge in [-0.3, -0.25) is 0 Å². The second-order valence-corrected chi connectivity index (χ2v) is 9.36. The number of amides is 1. The molecule has 0 bridgehead atoms. The van der Waals surface area contributed by atoms with Crippen molar-refractivity contribution in [2.75, 3.05) is 0 Å². The smallest absolute Gasteiger partial charge is 0.408 e. The number of alkyl carbamates (subject to hydrolysis) is 1. The molecular formula is C20H25N3O4S. The van der Waals surface area contributed by atoms with Crippen LogP contribution in [-0.2, 0) is 20.7 Å². The Labute approximate surface area is 168 Å². The fraction of sp³-hybridized carbons (Fsp3) is 0.500. The fourth-order valence-corrected chi connectivity index (χ4v) is 3.20. The van der Waals surface area contributed by atoms with E-state index in [-0.39, 0.29) is 6.42 Å². The topological polar surface area (TPSA) is 81.9 Å². The van der Waals surface area contributed by atoms with E-state index in [9.17, 15) is 9.59 Å². The molecule has 2 aromatic rings. The van der Waals surface area contributed by atoms with Crippen LogP contribution in [0.4, 0.5) is 9.93 Å². The Morgan fingerprint density at radius 2 is 1.82 bits per heavy atom. The zero-order chi connectivity index (χ0) is 21.1. The Hall–Kier alpha value is -2.66. The summed E-state index contributed by atoms with van der Waals surface area (Å²) >= 11 is 1.29. The Morgan fingerprint density at radius 1 is 1.18 bits per heavy atom. The number of ether oxygens (including phenoxy) is 2. The Bertz CT molecular complexity index is 916. The summed E-state index contributed by atoms with van der Waals surface area (Å²) in [5, 5.41) is 2.98. The van der Waals surface area contributed by atoms with E-state index >= 15 is 0 Å². The summed E-state index contributed by atoms with van der Waals surface area (Å²) in [7, 11) is 0. The molecule has 2 rings (SSSR count). The number of fused-ring (bicyclic) bond motifs is 1. The molecule has 0 radical (unpaired) electrons. The van der Waals surface area contributed by atoms with Gasteiger partial charge in [0.05, 0.1) is 4.70 Å². The van der Waals surface area contributed by atoms with Crippen LogP contribution in [0.1, 0.15) is 47.1 Å². The summed E-state index contributed by atoms with van der Waals surface area (Å²) in [6.45, 7) is 17.6. The number of hydrogen-bond acceptors (Lipinski definition) is 6. The Balaban J connectivity index is 2.24. The van der Waals surface area contributed by atoms with E-state index in [1.54, 1.807) is 47.6 Å². The van der Waals surface area contributed by atoms with Crippen molar-refractivity contribution >= 4 is 38.7 Å². The van der Waals surface area contributed by atoms with Crippen molar-refractivity contribution in [1.29, 1.82) is 0 Å². The summed E-state index contributed by atoms with van der Waals surface area (Å²) in [6, 6.07) is 4.59. The number of nitrogens with one attached hydrogen (secondary N) is 1. The van der Waals surface area contributed by atoms with Crippen LogP contribution in [0.15, 0.2) is 18.2 Å². The highest BCUT2D eigenvalue weighted by molar-refractivity contribution is 7.22. The molecule has 1 atom stereocenters. The van der Waals surface area contributed by atoms with E-state index in [1.165, 1.54) is 11.3 Å². The molecule has 0 aliphatic carbocycles. The maximum atomic E-state index is 12.6. The molecule has 0 saturated heterocycles. The van der Waals surface area contributed by atoms with Crippen molar-refractivity contribution in [1.82, 2.24) is 10.3 Å². The summed E-state index contributed by atoms with van der Waals surface area (Å²) in [5.74, 6) is -0.537. The van der Waals surface area contributed by atoms with Gasteiger partial charge in [0.25, 0.3) is 0 Å². The molecule has 0 fully saturated rings. The van der Waals surface area contributed by atoms with Crippen molar-refractivity contribution in [3.8, 4) is 0 Å². The molecule has 28 heavy (non-hydrogen) atoms. The molecular weight excluding hydrogens is 378 g/mol. The van der Waals surface area contributed by atoms with Gasteiger partial charge in [-0.05, 0) is 59.2 Å². The summed E-state index contributed by atoms with van der Waals surface area (Å²) in [4.78, 5) is 32.4. The van der Waals surface area contributed by atoms with Crippen LogP contribution in [0.2, 0.25) is 0 Å². The van der Waals surface area contributed by atoms with Gasteiger partial charge in [0, 0.05) is 6.42 Å². The molecule has 8 heteroatoms. The first-order chi connectivity index (χ1) is 12.9. The van der Waals surface area contributed by atoms with Gasteiger partial charge in [0.1, 0.15) is 17.2 Å². The minimum Gasteiger partial charge on any atom is -0.458 e. The lowest BCUT2D eigenvalue weighted by atomic mass is 10.1. The van der Waals surface area contributed by atoms with Gasteiger partial charge >= 0.3 is 17.2 Å². The zero-order valence-electron chi connectivity index (χ0n) is 17.0. The van der Waals surface area contributed by atoms with Crippen LogP contribution in [0.25, 0.3) is 15.1 Å². The highest BCUT2D eigenvalue weighted by Gasteiger charge is 2.29. The second-order valence-electron chi connectivity index (χ2n) is 8.35. The number of hydrogen-bond donors (Lipinski definition) is 1. The second kappa shape index (κ2) is 8.15. The van der Waals surface area contributed by atoms with Gasteiger partial charge in [0.2, 0.25) is 0 Å². The summed E-state index contributed by atoms with van der Waals surface area (Å²) in [5.41, 5.74) is 0.186. The number of carbonyl (C=O) groups is 2. The average molecular weight is 404 g/mol. The number of nitrogens with zero attached hydrogens (tertiary/aromatic N) is 2. The normalized spacial score (nSPS) is 12.9. The SMILES string of the molecule is [C-]#[N+]c1nc2ccc(C[C@H](NC(=O)OC(C)(C)C)C(=O)OC(C)(C)C)cc2s1. The fourth-order valence-electron chi connectivity index (χ4n) is 2.38. The molecule has 7 nitrogen and oxygen atoms in total. The lowest BCUT2D eigenvalue weighted by Crippen LogP contribution is -2.47. The summed E-state index contributed by atoms with van der Waals surface area (Å²) < 4.78 is 11.6. The number of carbonyl (C=O) groups excluding carboxylic acids is 2. The van der Waals surface area contributed by atoms with Gasteiger partial charge in [0.15, 0.2) is 5.52 Å². The van der Waals surface area contributed by atoms with Gasteiger partial charge in [-0.1, -0.05) is 12.6 Å². The first kappa shape index (κ1) is 21.6. The van der Waals surface area contributed by atoms with E-state index in [1.807, 2.05) is 12.1 Å². The average Bonchev–Trinajstić information content (AvgIpc) is 2.93. The lowest BCUT2D eigenvalue weighted by Gasteiger charge is -2.26. The van der Waals surface area contributed by atoms with E-state index in [0.29, 0.717) is 5.13 Å². The molecule has 1 aromatic heterocycles. The number of rotatable bonds is 4. The van der Waals surface area contributed by atoms with E-state index in [4.69, 9.17) is 16.0 Å². The largest absolute Gasteiger partial charge is 0.458 e. The van der Waals surface area contributed by atoms with E-state index < -0.39 is 29.3 Å². The molecule has 0 saturated carbocycles. The predicted molar refractivity (Wildman–Crippen MR) is 109 cm³/mol. The lowest BCUT2D eigenvalue weighted by molar-refractivity contribution is -0.157. The van der Waals surface area contributed by atoms with Crippen LogP contribution < -0.4 is 5.32 Å². The number of esters is 1. The molecule has 0 aliphatic rings. The van der Waals surface area contributed by atoms with Crippen LogP contribution in [-0.4, -0.2) is 34.3 Å². The van der Waals surface area contributed by atoms with Crippen molar-refractivity contribution in [3.63, 3.8) is 0 Å². The van der Waals surface area contributed by atoms with Gasteiger partial charge in [-0.2, -0.15) is 0 Å². The quantitative estimate of drug-likeness (QED) is 0.595. The van der Waals surface area contributed by atoms with Crippen LogP contribution in [0, 0.1) is 6.57 Å². The standard InChI is InChI=1S/C20H25N3O4S/c1-19(2,3)26-16(24)14(23-18(25)27-20(4,5)6)10-12-8-9-13-15(11-12)28-17(21-7)22-13/h8-9,11,14H,10H2,1-6H3,(H,23,25)/t14-/m0/s1. The Kier molecular flexibility index (Phi) is 6.30. The maximum absolute atomic E-state index is 12.6. The molecule has 0 aliphatic heterocycles.